The average molecular weight is 302 g/mol. The summed E-state index contributed by atoms with van der Waals surface area (Å²) in [6.07, 6.45) is 6.62. The van der Waals surface area contributed by atoms with Crippen LogP contribution in [0.5, 0.6) is 0 Å². The summed E-state index contributed by atoms with van der Waals surface area (Å²) in [5.41, 5.74) is 0. The van der Waals surface area contributed by atoms with Gasteiger partial charge in [-0.2, -0.15) is 0 Å². The lowest BCUT2D eigenvalue weighted by Crippen LogP contribution is -2.47. The lowest BCUT2D eigenvalue weighted by atomic mass is 10.1. The predicted molar refractivity (Wildman–Crippen MR) is 92.4 cm³/mol. The first-order valence-corrected chi connectivity index (χ1v) is 14.6. The van der Waals surface area contributed by atoms with E-state index in [-0.39, 0.29) is 0 Å². The molecule has 0 radical (unpaired) electrons. The topological polar surface area (TPSA) is 12.5 Å². The molecule has 2 nitrogen and oxygen atoms in total. The number of unbranched alkanes of at least 4 members (excludes halogenated alkanes) is 4. The highest BCUT2D eigenvalue weighted by Crippen LogP contribution is 2.21. The lowest BCUT2D eigenvalue weighted by Gasteiger charge is -2.39. The summed E-state index contributed by atoms with van der Waals surface area (Å²) < 4.78 is 8.58. The molecule has 0 N–H and O–H groups in total. The van der Waals surface area contributed by atoms with Gasteiger partial charge in [0, 0.05) is 6.54 Å². The first kappa shape index (κ1) is 18.8. The van der Waals surface area contributed by atoms with Crippen molar-refractivity contribution < 1.29 is 4.43 Å². The lowest BCUT2D eigenvalue weighted by molar-refractivity contribution is 0.287. The van der Waals surface area contributed by atoms with E-state index in [0.717, 1.165) is 12.4 Å². The molecule has 0 aromatic rings. The van der Waals surface area contributed by atoms with Gasteiger partial charge in [0.1, 0.15) is 0 Å². The summed E-state index contributed by atoms with van der Waals surface area (Å²) >= 11 is 0. The maximum absolute atomic E-state index is 6.11. The summed E-state index contributed by atoms with van der Waals surface area (Å²) in [6, 6.07) is 0. The first-order chi connectivity index (χ1) is 8.58. The quantitative estimate of drug-likeness (QED) is 0.303. The van der Waals surface area contributed by atoms with E-state index in [1.54, 1.807) is 0 Å². The van der Waals surface area contributed by atoms with Crippen LogP contribution in [0.4, 0.5) is 0 Å². The van der Waals surface area contributed by atoms with Gasteiger partial charge in [-0.05, 0) is 32.6 Å². The fourth-order valence-electron chi connectivity index (χ4n) is 2.12. The maximum atomic E-state index is 6.11. The van der Waals surface area contributed by atoms with Crippen molar-refractivity contribution >= 4 is 16.6 Å². The van der Waals surface area contributed by atoms with E-state index in [2.05, 4.69) is 57.4 Å². The molecule has 4 heteroatoms. The van der Waals surface area contributed by atoms with Gasteiger partial charge < -0.3 is 8.99 Å². The average Bonchev–Trinajstić information content (AvgIpc) is 2.18. The van der Waals surface area contributed by atoms with Crippen LogP contribution in [0.25, 0.3) is 0 Å². The molecule has 0 bridgehead atoms. The van der Waals surface area contributed by atoms with Crippen LogP contribution in [0.3, 0.4) is 0 Å². The Morgan fingerprint density at radius 3 is 1.89 bits per heavy atom. The van der Waals surface area contributed by atoms with Crippen LogP contribution in [0.15, 0.2) is 12.5 Å². The number of hydrogen-bond donors (Lipinski definition) is 0. The van der Waals surface area contributed by atoms with Crippen LogP contribution in [-0.4, -0.2) is 27.7 Å². The van der Waals surface area contributed by atoms with Crippen molar-refractivity contribution in [3.05, 3.63) is 12.5 Å². The molecule has 0 aromatic heterocycles. The minimum Gasteiger partial charge on any atom is -0.534 e. The van der Waals surface area contributed by atoms with E-state index >= 15 is 0 Å². The largest absolute Gasteiger partial charge is 0.534 e. The minimum atomic E-state index is -1.54. The van der Waals surface area contributed by atoms with Gasteiger partial charge in [0.25, 0.3) is 0 Å². The summed E-state index contributed by atoms with van der Waals surface area (Å²) in [6.45, 7) is 21.4. The molecule has 0 aliphatic rings. The molecular formula is C15H35NOSi2. The second-order valence-electron chi connectivity index (χ2n) is 7.34. The molecule has 0 unspecified atom stereocenters. The fraction of sp³-hybridized carbons (Fsp3) is 0.867. The second-order valence-corrected chi connectivity index (χ2v) is 16.7. The van der Waals surface area contributed by atoms with E-state index in [1.165, 1.54) is 32.1 Å². The third-order valence-electron chi connectivity index (χ3n) is 3.02. The van der Waals surface area contributed by atoms with Crippen molar-refractivity contribution in [1.82, 2.24) is 4.57 Å². The van der Waals surface area contributed by atoms with Crippen molar-refractivity contribution in [1.29, 1.82) is 0 Å². The van der Waals surface area contributed by atoms with Gasteiger partial charge in [-0.3, -0.25) is 0 Å². The molecule has 0 saturated carbocycles. The second kappa shape index (κ2) is 8.15. The number of hydrogen-bond acceptors (Lipinski definition) is 2. The van der Waals surface area contributed by atoms with Crippen LogP contribution in [0.2, 0.25) is 39.3 Å². The van der Waals surface area contributed by atoms with Gasteiger partial charge in [0.2, 0.25) is 8.32 Å². The van der Waals surface area contributed by atoms with Gasteiger partial charge in [-0.15, -0.1) is 0 Å². The maximum Gasteiger partial charge on any atom is 0.244 e. The van der Waals surface area contributed by atoms with E-state index < -0.39 is 16.6 Å². The number of rotatable bonds is 10. The molecule has 0 aromatic carbocycles. The third-order valence-corrected chi connectivity index (χ3v) is 5.96. The Bertz CT molecular complexity index is 266. The summed E-state index contributed by atoms with van der Waals surface area (Å²) in [5, 5.41) is 0. The SMILES string of the molecule is C=C(O[Si](C)(C)C)N(CCCCCCC)[Si](C)(C)C. The van der Waals surface area contributed by atoms with Gasteiger partial charge in [-0.25, -0.2) is 0 Å². The Labute approximate surface area is 123 Å². The van der Waals surface area contributed by atoms with E-state index in [4.69, 9.17) is 4.43 Å². The highest BCUT2D eigenvalue weighted by molar-refractivity contribution is 6.74. The van der Waals surface area contributed by atoms with Crippen molar-refractivity contribution in [2.75, 3.05) is 6.54 Å². The Morgan fingerprint density at radius 2 is 1.47 bits per heavy atom. The molecule has 0 saturated heterocycles. The Kier molecular flexibility index (Phi) is 8.05. The molecule has 19 heavy (non-hydrogen) atoms. The molecule has 0 aliphatic heterocycles. The molecule has 0 aliphatic carbocycles. The van der Waals surface area contributed by atoms with Crippen LogP contribution in [-0.2, 0) is 4.43 Å². The summed E-state index contributed by atoms with van der Waals surface area (Å²) in [5.74, 6) is 0.925. The molecule has 0 spiro atoms. The van der Waals surface area contributed by atoms with E-state index in [0.29, 0.717) is 0 Å². The zero-order valence-corrected chi connectivity index (χ0v) is 16.3. The van der Waals surface area contributed by atoms with Crippen molar-refractivity contribution in [2.24, 2.45) is 0 Å². The minimum absolute atomic E-state index is 0.925. The fourth-order valence-corrected chi connectivity index (χ4v) is 4.65. The molecule has 0 atom stereocenters. The normalized spacial score (nSPS) is 12.4. The van der Waals surface area contributed by atoms with Crippen LogP contribution >= 0.6 is 0 Å². The van der Waals surface area contributed by atoms with Gasteiger partial charge in [0.15, 0.2) is 14.1 Å². The monoisotopic (exact) mass is 301 g/mol. The Morgan fingerprint density at radius 1 is 0.947 bits per heavy atom. The molecule has 0 heterocycles. The molecule has 0 rings (SSSR count). The van der Waals surface area contributed by atoms with Gasteiger partial charge in [-0.1, -0.05) is 52.2 Å². The first-order valence-electron chi connectivity index (χ1n) is 7.73. The molecule has 114 valence electrons. The highest BCUT2D eigenvalue weighted by Gasteiger charge is 2.28. The Hall–Kier alpha value is -0.226. The van der Waals surface area contributed by atoms with Crippen LogP contribution < -0.4 is 0 Å². The Balaban J connectivity index is 4.37. The zero-order valence-electron chi connectivity index (χ0n) is 14.3. The highest BCUT2D eigenvalue weighted by atomic mass is 28.4. The van der Waals surface area contributed by atoms with Crippen LogP contribution in [0, 0.1) is 0 Å². The molecule has 0 amide bonds. The van der Waals surface area contributed by atoms with E-state index in [1.807, 2.05) is 0 Å². The van der Waals surface area contributed by atoms with Crippen molar-refractivity contribution in [3.63, 3.8) is 0 Å². The molecule has 0 fully saturated rings. The predicted octanol–water partition coefficient (Wildman–Crippen LogP) is 5.42. The molecular weight excluding hydrogens is 266 g/mol. The van der Waals surface area contributed by atoms with Gasteiger partial charge in [0.05, 0.1) is 0 Å². The van der Waals surface area contributed by atoms with Gasteiger partial charge >= 0.3 is 0 Å². The van der Waals surface area contributed by atoms with Crippen LogP contribution in [0.1, 0.15) is 39.0 Å². The van der Waals surface area contributed by atoms with Crippen molar-refractivity contribution in [3.8, 4) is 0 Å². The number of nitrogens with zero attached hydrogens (tertiary/aromatic N) is 1. The zero-order chi connectivity index (χ0) is 15.1. The van der Waals surface area contributed by atoms with E-state index in [9.17, 15) is 0 Å². The third kappa shape index (κ3) is 9.33. The van der Waals surface area contributed by atoms with Crippen molar-refractivity contribution in [2.45, 2.75) is 78.3 Å². The summed E-state index contributed by atoms with van der Waals surface area (Å²) in [4.78, 5) is 0. The standard InChI is InChI=1S/C15H35NOSi2/c1-9-10-11-12-13-14-16(18(3,4)5)15(2)17-19(6,7)8/h2,9-14H2,1,3-8H3. The smallest absolute Gasteiger partial charge is 0.244 e. The summed E-state index contributed by atoms with van der Waals surface area (Å²) in [7, 11) is -2.93.